The number of hydrogen-bond acceptors (Lipinski definition) is 1. The van der Waals surface area contributed by atoms with Gasteiger partial charge in [0, 0.05) is 16.1 Å². The highest BCUT2D eigenvalue weighted by molar-refractivity contribution is 9.10. The standard InChI is InChI=1S/C16H21BrFN/c1-2-8-19-16(15-11-4-3-5-12(11)15)13-9-10(17)6-7-14(13)18/h6-7,9,11-12,15-16,19H,2-5,8H2,1H3. The lowest BCUT2D eigenvalue weighted by molar-refractivity contribution is 0.403. The third-order valence-electron chi connectivity index (χ3n) is 4.77. The molecule has 1 aromatic carbocycles. The molecule has 0 amide bonds. The summed E-state index contributed by atoms with van der Waals surface area (Å²) in [5.41, 5.74) is 0.849. The Morgan fingerprint density at radius 1 is 1.37 bits per heavy atom. The molecule has 3 heteroatoms. The topological polar surface area (TPSA) is 12.0 Å². The van der Waals surface area contributed by atoms with Crippen LogP contribution in [0.5, 0.6) is 0 Å². The van der Waals surface area contributed by atoms with Crippen molar-refractivity contribution in [2.45, 2.75) is 38.6 Å². The highest BCUT2D eigenvalue weighted by Gasteiger charge is 2.56. The van der Waals surface area contributed by atoms with Crippen molar-refractivity contribution in [2.75, 3.05) is 6.54 Å². The summed E-state index contributed by atoms with van der Waals surface area (Å²) in [6.07, 6.45) is 5.14. The number of fused-ring (bicyclic) bond motifs is 1. The van der Waals surface area contributed by atoms with Gasteiger partial charge in [-0.25, -0.2) is 4.39 Å². The Hall–Kier alpha value is -0.410. The highest BCUT2D eigenvalue weighted by atomic mass is 79.9. The molecular weight excluding hydrogens is 305 g/mol. The molecule has 3 unspecified atom stereocenters. The first-order valence-corrected chi connectivity index (χ1v) is 8.20. The average Bonchev–Trinajstić information content (AvgIpc) is 2.86. The van der Waals surface area contributed by atoms with Gasteiger partial charge in [-0.15, -0.1) is 0 Å². The molecule has 19 heavy (non-hydrogen) atoms. The van der Waals surface area contributed by atoms with Gasteiger partial charge in [0.1, 0.15) is 5.82 Å². The molecule has 1 N–H and O–H groups in total. The van der Waals surface area contributed by atoms with Crippen LogP contribution in [0.25, 0.3) is 0 Å². The van der Waals surface area contributed by atoms with Crippen molar-refractivity contribution in [2.24, 2.45) is 17.8 Å². The number of rotatable bonds is 5. The van der Waals surface area contributed by atoms with Crippen LogP contribution < -0.4 is 5.32 Å². The van der Waals surface area contributed by atoms with Gasteiger partial charge in [0.2, 0.25) is 0 Å². The minimum atomic E-state index is -0.0678. The number of nitrogens with one attached hydrogen (secondary N) is 1. The molecule has 3 atom stereocenters. The predicted octanol–water partition coefficient (Wildman–Crippen LogP) is 4.68. The van der Waals surface area contributed by atoms with Gasteiger partial charge >= 0.3 is 0 Å². The molecule has 0 radical (unpaired) electrons. The van der Waals surface area contributed by atoms with E-state index < -0.39 is 0 Å². The van der Waals surface area contributed by atoms with Crippen LogP contribution in [0.2, 0.25) is 0 Å². The second-order valence-corrected chi connectivity index (χ2v) is 6.85. The SMILES string of the molecule is CCCNC(c1cc(Br)ccc1F)C1C2CCCC21. The van der Waals surface area contributed by atoms with E-state index in [1.165, 1.54) is 19.3 Å². The maximum atomic E-state index is 14.2. The van der Waals surface area contributed by atoms with E-state index in [0.29, 0.717) is 5.92 Å². The largest absolute Gasteiger partial charge is 0.310 e. The molecule has 0 aliphatic heterocycles. The van der Waals surface area contributed by atoms with E-state index in [0.717, 1.165) is 34.8 Å². The van der Waals surface area contributed by atoms with Crippen molar-refractivity contribution in [3.8, 4) is 0 Å². The zero-order valence-corrected chi connectivity index (χ0v) is 12.9. The van der Waals surface area contributed by atoms with E-state index in [1.807, 2.05) is 6.07 Å². The van der Waals surface area contributed by atoms with Crippen LogP contribution in [0.3, 0.4) is 0 Å². The maximum absolute atomic E-state index is 14.2. The smallest absolute Gasteiger partial charge is 0.128 e. The summed E-state index contributed by atoms with van der Waals surface area (Å²) in [5.74, 6) is 2.27. The lowest BCUT2D eigenvalue weighted by atomic mass is 9.96. The van der Waals surface area contributed by atoms with Crippen LogP contribution in [0, 0.1) is 23.6 Å². The third kappa shape index (κ3) is 2.59. The summed E-state index contributed by atoms with van der Waals surface area (Å²) in [5, 5.41) is 3.58. The second-order valence-electron chi connectivity index (χ2n) is 5.93. The molecule has 2 aliphatic rings. The Labute approximate surface area is 123 Å². The minimum Gasteiger partial charge on any atom is -0.310 e. The van der Waals surface area contributed by atoms with E-state index in [1.54, 1.807) is 12.1 Å². The van der Waals surface area contributed by atoms with Crippen molar-refractivity contribution >= 4 is 15.9 Å². The van der Waals surface area contributed by atoms with Crippen molar-refractivity contribution < 1.29 is 4.39 Å². The first kappa shape index (κ1) is 13.6. The van der Waals surface area contributed by atoms with Gasteiger partial charge in [0.05, 0.1) is 0 Å². The van der Waals surface area contributed by atoms with E-state index >= 15 is 0 Å². The summed E-state index contributed by atoms with van der Waals surface area (Å²) < 4.78 is 15.1. The van der Waals surface area contributed by atoms with Crippen molar-refractivity contribution in [3.63, 3.8) is 0 Å². The van der Waals surface area contributed by atoms with Gasteiger partial charge in [0.15, 0.2) is 0 Å². The molecule has 104 valence electrons. The number of halogens is 2. The van der Waals surface area contributed by atoms with Crippen molar-refractivity contribution in [1.82, 2.24) is 5.32 Å². The summed E-state index contributed by atoms with van der Waals surface area (Å²) in [4.78, 5) is 0. The van der Waals surface area contributed by atoms with Gasteiger partial charge in [-0.3, -0.25) is 0 Å². The van der Waals surface area contributed by atoms with Crippen LogP contribution in [-0.4, -0.2) is 6.54 Å². The molecule has 0 aromatic heterocycles. The van der Waals surface area contributed by atoms with Gasteiger partial charge < -0.3 is 5.32 Å². The lowest BCUT2D eigenvalue weighted by Crippen LogP contribution is -2.26. The molecular formula is C16H21BrFN. The lowest BCUT2D eigenvalue weighted by Gasteiger charge is -2.22. The van der Waals surface area contributed by atoms with Crippen molar-refractivity contribution in [3.05, 3.63) is 34.1 Å². The van der Waals surface area contributed by atoms with Gasteiger partial charge in [-0.05, 0) is 61.8 Å². The molecule has 0 bridgehead atoms. The summed E-state index contributed by atoms with van der Waals surface area (Å²) in [7, 11) is 0. The molecule has 1 aromatic rings. The first-order chi connectivity index (χ1) is 9.22. The fourth-order valence-electron chi connectivity index (χ4n) is 3.88. The predicted molar refractivity (Wildman–Crippen MR) is 79.5 cm³/mol. The summed E-state index contributed by atoms with van der Waals surface area (Å²) in [6, 6.07) is 5.52. The van der Waals surface area contributed by atoms with E-state index in [2.05, 4.69) is 28.2 Å². The van der Waals surface area contributed by atoms with Crippen LogP contribution in [0.15, 0.2) is 22.7 Å². The minimum absolute atomic E-state index is 0.0678. The fraction of sp³-hybridized carbons (Fsp3) is 0.625. The van der Waals surface area contributed by atoms with E-state index in [-0.39, 0.29) is 11.9 Å². The highest BCUT2D eigenvalue weighted by Crippen LogP contribution is 2.62. The third-order valence-corrected chi connectivity index (χ3v) is 5.26. The molecule has 0 saturated heterocycles. The molecule has 2 saturated carbocycles. The monoisotopic (exact) mass is 325 g/mol. The second kappa shape index (κ2) is 5.53. The summed E-state index contributed by atoms with van der Waals surface area (Å²) in [6.45, 7) is 3.13. The molecule has 2 fully saturated rings. The van der Waals surface area contributed by atoms with Crippen LogP contribution in [0.1, 0.15) is 44.2 Å². The van der Waals surface area contributed by atoms with E-state index in [4.69, 9.17) is 0 Å². The Balaban J connectivity index is 1.84. The molecule has 3 rings (SSSR count). The van der Waals surface area contributed by atoms with E-state index in [9.17, 15) is 4.39 Å². The Bertz CT molecular complexity index is 452. The average molecular weight is 326 g/mol. The first-order valence-electron chi connectivity index (χ1n) is 7.40. The fourth-order valence-corrected chi connectivity index (χ4v) is 4.26. The molecule has 0 heterocycles. The zero-order chi connectivity index (χ0) is 13.4. The molecule has 0 spiro atoms. The van der Waals surface area contributed by atoms with Gasteiger partial charge in [-0.2, -0.15) is 0 Å². The zero-order valence-electron chi connectivity index (χ0n) is 11.3. The molecule has 2 aliphatic carbocycles. The van der Waals surface area contributed by atoms with Crippen LogP contribution >= 0.6 is 15.9 Å². The van der Waals surface area contributed by atoms with Crippen LogP contribution in [-0.2, 0) is 0 Å². The van der Waals surface area contributed by atoms with Gasteiger partial charge in [-0.1, -0.05) is 29.3 Å². The normalized spacial score (nSPS) is 30.2. The Morgan fingerprint density at radius 2 is 2.11 bits per heavy atom. The number of benzene rings is 1. The van der Waals surface area contributed by atoms with Crippen molar-refractivity contribution in [1.29, 1.82) is 0 Å². The maximum Gasteiger partial charge on any atom is 0.128 e. The quantitative estimate of drug-likeness (QED) is 0.829. The molecule has 1 nitrogen and oxygen atoms in total. The Kier molecular flexibility index (Phi) is 3.95. The van der Waals surface area contributed by atoms with Gasteiger partial charge in [0.25, 0.3) is 0 Å². The summed E-state index contributed by atoms with van der Waals surface area (Å²) >= 11 is 3.47. The Morgan fingerprint density at radius 3 is 2.79 bits per heavy atom. The van der Waals surface area contributed by atoms with Crippen LogP contribution in [0.4, 0.5) is 4.39 Å². The number of hydrogen-bond donors (Lipinski definition) is 1.